The predicted octanol–water partition coefficient (Wildman–Crippen LogP) is 0.843. The number of nitrogens with zero attached hydrogens (tertiary/aromatic N) is 1. The van der Waals surface area contributed by atoms with Gasteiger partial charge in [-0.2, -0.15) is 5.26 Å². The Bertz CT molecular complexity index is 652. The molecule has 0 amide bonds. The molecule has 2 atom stereocenters. The van der Waals surface area contributed by atoms with Crippen LogP contribution in [0.25, 0.3) is 0 Å². The first kappa shape index (κ1) is 15.8. The standard InChI is InChI=1S/C14H19N3O3S/c1-10-5-6-16-9-12(10)17-21(18,19)14-4-3-11(8-15)7-13(14)20-2/h3-4,7,10,12,16-17H,5-6,9H2,1-2H3. The van der Waals surface area contributed by atoms with Crippen LogP contribution in [0.5, 0.6) is 5.75 Å². The number of hydrogen-bond donors (Lipinski definition) is 2. The fourth-order valence-electron chi connectivity index (χ4n) is 2.37. The van der Waals surface area contributed by atoms with Crippen molar-refractivity contribution in [2.45, 2.75) is 24.3 Å². The molecular weight excluding hydrogens is 290 g/mol. The van der Waals surface area contributed by atoms with Crippen molar-refractivity contribution in [2.24, 2.45) is 5.92 Å². The normalized spacial score (nSPS) is 22.5. The van der Waals surface area contributed by atoms with E-state index in [9.17, 15) is 8.42 Å². The maximum absolute atomic E-state index is 12.5. The van der Waals surface area contributed by atoms with Crippen LogP contribution in [0.4, 0.5) is 0 Å². The van der Waals surface area contributed by atoms with Crippen LogP contribution in [-0.2, 0) is 10.0 Å². The summed E-state index contributed by atoms with van der Waals surface area (Å²) in [7, 11) is -2.30. The van der Waals surface area contributed by atoms with Gasteiger partial charge < -0.3 is 10.1 Å². The monoisotopic (exact) mass is 309 g/mol. The third kappa shape index (κ3) is 3.53. The van der Waals surface area contributed by atoms with Gasteiger partial charge in [-0.1, -0.05) is 6.92 Å². The van der Waals surface area contributed by atoms with Gasteiger partial charge in [0, 0.05) is 12.6 Å². The summed E-state index contributed by atoms with van der Waals surface area (Å²) in [5.41, 5.74) is 0.360. The van der Waals surface area contributed by atoms with E-state index in [-0.39, 0.29) is 22.6 Å². The second kappa shape index (κ2) is 6.43. The summed E-state index contributed by atoms with van der Waals surface area (Å²) in [5, 5.41) is 12.1. The SMILES string of the molecule is COc1cc(C#N)ccc1S(=O)(=O)NC1CNCCC1C. The number of nitrogens with one attached hydrogen (secondary N) is 2. The van der Waals surface area contributed by atoms with Crippen molar-refractivity contribution in [1.29, 1.82) is 5.26 Å². The van der Waals surface area contributed by atoms with Crippen molar-refractivity contribution in [3.05, 3.63) is 23.8 Å². The second-order valence-electron chi connectivity index (χ2n) is 5.18. The molecule has 2 N–H and O–H groups in total. The highest BCUT2D eigenvalue weighted by atomic mass is 32.2. The van der Waals surface area contributed by atoms with Gasteiger partial charge in [0.05, 0.1) is 18.7 Å². The van der Waals surface area contributed by atoms with E-state index in [1.807, 2.05) is 13.0 Å². The minimum atomic E-state index is -3.68. The molecule has 2 unspecified atom stereocenters. The summed E-state index contributed by atoms with van der Waals surface area (Å²) in [4.78, 5) is 0.0572. The van der Waals surface area contributed by atoms with E-state index in [2.05, 4.69) is 10.0 Å². The molecule has 1 saturated heterocycles. The van der Waals surface area contributed by atoms with E-state index < -0.39 is 10.0 Å². The molecule has 2 rings (SSSR count). The fraction of sp³-hybridized carbons (Fsp3) is 0.500. The maximum Gasteiger partial charge on any atom is 0.244 e. The van der Waals surface area contributed by atoms with Crippen LogP contribution in [-0.4, -0.2) is 34.7 Å². The lowest BCUT2D eigenvalue weighted by atomic mass is 9.96. The van der Waals surface area contributed by atoms with Gasteiger partial charge in [-0.15, -0.1) is 0 Å². The van der Waals surface area contributed by atoms with E-state index in [0.29, 0.717) is 12.1 Å². The van der Waals surface area contributed by atoms with E-state index in [1.54, 1.807) is 0 Å². The smallest absolute Gasteiger partial charge is 0.244 e. The summed E-state index contributed by atoms with van der Waals surface area (Å²) in [6.45, 7) is 3.54. The zero-order valence-electron chi connectivity index (χ0n) is 12.1. The summed E-state index contributed by atoms with van der Waals surface area (Å²) < 4.78 is 32.9. The Labute approximate surface area is 125 Å². The van der Waals surface area contributed by atoms with Gasteiger partial charge in [0.25, 0.3) is 0 Å². The van der Waals surface area contributed by atoms with Crippen molar-refractivity contribution in [1.82, 2.24) is 10.0 Å². The molecule has 114 valence electrons. The lowest BCUT2D eigenvalue weighted by molar-refractivity contribution is 0.326. The van der Waals surface area contributed by atoms with Gasteiger partial charge in [0.1, 0.15) is 10.6 Å². The first-order valence-corrected chi connectivity index (χ1v) is 8.27. The Kier molecular flexibility index (Phi) is 4.83. The molecule has 0 saturated carbocycles. The van der Waals surface area contributed by atoms with Crippen molar-refractivity contribution in [3.63, 3.8) is 0 Å². The largest absolute Gasteiger partial charge is 0.495 e. The molecule has 1 aliphatic heterocycles. The molecule has 1 fully saturated rings. The van der Waals surface area contributed by atoms with Gasteiger partial charge in [-0.05, 0) is 37.1 Å². The molecule has 1 aliphatic rings. The number of hydrogen-bond acceptors (Lipinski definition) is 5. The van der Waals surface area contributed by atoms with Crippen LogP contribution in [0.2, 0.25) is 0 Å². The minimum absolute atomic E-state index is 0.0572. The average molecular weight is 309 g/mol. The molecular formula is C14H19N3O3S. The molecule has 1 aromatic rings. The number of sulfonamides is 1. The first-order valence-electron chi connectivity index (χ1n) is 6.79. The van der Waals surface area contributed by atoms with Crippen LogP contribution in [0.3, 0.4) is 0 Å². The van der Waals surface area contributed by atoms with Crippen LogP contribution >= 0.6 is 0 Å². The topological polar surface area (TPSA) is 91.2 Å². The summed E-state index contributed by atoms with van der Waals surface area (Å²) in [6.07, 6.45) is 0.928. The molecule has 0 aliphatic carbocycles. The van der Waals surface area contributed by atoms with Gasteiger partial charge in [-0.25, -0.2) is 13.1 Å². The van der Waals surface area contributed by atoms with E-state index >= 15 is 0 Å². The Morgan fingerprint density at radius 1 is 1.48 bits per heavy atom. The Morgan fingerprint density at radius 3 is 2.86 bits per heavy atom. The molecule has 0 bridgehead atoms. The van der Waals surface area contributed by atoms with Crippen molar-refractivity contribution < 1.29 is 13.2 Å². The number of ether oxygens (including phenoxy) is 1. The van der Waals surface area contributed by atoms with Gasteiger partial charge in [-0.3, -0.25) is 0 Å². The Balaban J connectivity index is 2.29. The number of methoxy groups -OCH3 is 1. The summed E-state index contributed by atoms with van der Waals surface area (Å²) in [6, 6.07) is 6.12. The zero-order valence-corrected chi connectivity index (χ0v) is 12.9. The van der Waals surface area contributed by atoms with E-state index in [4.69, 9.17) is 10.00 Å². The molecule has 0 aromatic heterocycles. The van der Waals surface area contributed by atoms with Crippen LogP contribution in [0, 0.1) is 17.2 Å². The quantitative estimate of drug-likeness (QED) is 0.860. The summed E-state index contributed by atoms with van der Waals surface area (Å²) >= 11 is 0. The summed E-state index contributed by atoms with van der Waals surface area (Å²) in [5.74, 6) is 0.448. The highest BCUT2D eigenvalue weighted by molar-refractivity contribution is 7.89. The minimum Gasteiger partial charge on any atom is -0.495 e. The third-order valence-corrected chi connectivity index (χ3v) is 5.25. The maximum atomic E-state index is 12.5. The first-order chi connectivity index (χ1) is 9.97. The van der Waals surface area contributed by atoms with Gasteiger partial charge >= 0.3 is 0 Å². The lowest BCUT2D eigenvalue weighted by Crippen LogP contribution is -2.50. The van der Waals surface area contributed by atoms with Crippen molar-refractivity contribution in [2.75, 3.05) is 20.2 Å². The molecule has 6 nitrogen and oxygen atoms in total. The zero-order chi connectivity index (χ0) is 15.5. The number of rotatable bonds is 4. The van der Waals surface area contributed by atoms with Gasteiger partial charge in [0.15, 0.2) is 0 Å². The Hall–Kier alpha value is -1.62. The fourth-order valence-corrected chi connectivity index (χ4v) is 3.86. The molecule has 1 heterocycles. The Morgan fingerprint density at radius 2 is 2.24 bits per heavy atom. The molecule has 0 radical (unpaired) electrons. The molecule has 21 heavy (non-hydrogen) atoms. The number of piperidine rings is 1. The third-order valence-electron chi connectivity index (χ3n) is 3.72. The van der Waals surface area contributed by atoms with Crippen molar-refractivity contribution >= 4 is 10.0 Å². The van der Waals surface area contributed by atoms with Gasteiger partial charge in [0.2, 0.25) is 10.0 Å². The number of nitriles is 1. The van der Waals surface area contributed by atoms with Crippen LogP contribution < -0.4 is 14.8 Å². The highest BCUT2D eigenvalue weighted by Crippen LogP contribution is 2.25. The second-order valence-corrected chi connectivity index (χ2v) is 6.86. The predicted molar refractivity (Wildman–Crippen MR) is 78.5 cm³/mol. The van der Waals surface area contributed by atoms with E-state index in [0.717, 1.165) is 13.0 Å². The van der Waals surface area contributed by atoms with Crippen LogP contribution in [0.15, 0.2) is 23.1 Å². The van der Waals surface area contributed by atoms with Crippen molar-refractivity contribution in [3.8, 4) is 11.8 Å². The number of benzene rings is 1. The molecule has 0 spiro atoms. The van der Waals surface area contributed by atoms with Crippen LogP contribution in [0.1, 0.15) is 18.9 Å². The average Bonchev–Trinajstić information content (AvgIpc) is 2.48. The van der Waals surface area contributed by atoms with E-state index in [1.165, 1.54) is 25.3 Å². The highest BCUT2D eigenvalue weighted by Gasteiger charge is 2.28. The lowest BCUT2D eigenvalue weighted by Gasteiger charge is -2.30. The molecule has 1 aromatic carbocycles. The molecule has 7 heteroatoms.